The molecule has 1 rings (SSSR count). The van der Waals surface area contributed by atoms with Crippen molar-refractivity contribution in [3.05, 3.63) is 29.8 Å². The van der Waals surface area contributed by atoms with Crippen LogP contribution in [0.4, 0.5) is 4.79 Å². The summed E-state index contributed by atoms with van der Waals surface area (Å²) in [5.41, 5.74) is -0.212. The summed E-state index contributed by atoms with van der Waals surface area (Å²) in [4.78, 5) is 39.8. The lowest BCUT2D eigenvalue weighted by Gasteiger charge is -2.34. The number of aromatic hydroxyl groups is 1. The van der Waals surface area contributed by atoms with Crippen molar-refractivity contribution in [1.82, 2.24) is 15.5 Å². The Kier molecular flexibility index (Phi) is 9.14. The number of hydrogen-bond donors (Lipinski definition) is 3. The van der Waals surface area contributed by atoms with Gasteiger partial charge in [-0.15, -0.1) is 0 Å². The normalized spacial score (nSPS) is 13.3. The minimum absolute atomic E-state index is 0.00123. The van der Waals surface area contributed by atoms with Crippen LogP contribution < -0.4 is 10.6 Å². The predicted molar refractivity (Wildman–Crippen MR) is 115 cm³/mol. The number of carbonyl (C=O) groups is 3. The lowest BCUT2D eigenvalue weighted by atomic mass is 10.0. The standard InChI is InChI=1S/C22H35N3O5/c1-8-12-25(20(28)15(4)24-21(29)30-22(5,6)7)18(19(27)23-14(2)3)16-10-9-11-17(26)13-16/h9-11,13-15,18,26H,8,12H2,1-7H3,(H,23,27)(H,24,29). The van der Waals surface area contributed by atoms with Gasteiger partial charge in [0.25, 0.3) is 0 Å². The first-order valence-electron chi connectivity index (χ1n) is 10.2. The first kappa shape index (κ1) is 25.3. The van der Waals surface area contributed by atoms with Gasteiger partial charge in [-0.25, -0.2) is 4.79 Å². The summed E-state index contributed by atoms with van der Waals surface area (Å²) in [6.07, 6.45) is -0.102. The molecule has 2 atom stereocenters. The van der Waals surface area contributed by atoms with Crippen molar-refractivity contribution in [3.8, 4) is 5.75 Å². The molecule has 0 aliphatic rings. The summed E-state index contributed by atoms with van der Waals surface area (Å²) in [5.74, 6) is -0.782. The third-order valence-corrected chi connectivity index (χ3v) is 4.03. The lowest BCUT2D eigenvalue weighted by Crippen LogP contribution is -2.52. The third-order valence-electron chi connectivity index (χ3n) is 4.03. The van der Waals surface area contributed by atoms with Crippen LogP contribution in [0.15, 0.2) is 24.3 Å². The number of rotatable bonds is 8. The van der Waals surface area contributed by atoms with Gasteiger partial charge in [-0.3, -0.25) is 9.59 Å². The molecule has 2 unspecified atom stereocenters. The van der Waals surface area contributed by atoms with Gasteiger partial charge in [0.15, 0.2) is 0 Å². The van der Waals surface area contributed by atoms with Gasteiger partial charge in [-0.1, -0.05) is 19.1 Å². The first-order chi connectivity index (χ1) is 13.9. The molecule has 0 saturated heterocycles. The van der Waals surface area contributed by atoms with E-state index >= 15 is 0 Å². The zero-order valence-corrected chi connectivity index (χ0v) is 19.0. The maximum atomic E-state index is 13.2. The number of benzene rings is 1. The second-order valence-electron chi connectivity index (χ2n) is 8.56. The molecule has 0 heterocycles. The van der Waals surface area contributed by atoms with E-state index in [1.54, 1.807) is 39.8 Å². The maximum Gasteiger partial charge on any atom is 0.408 e. The van der Waals surface area contributed by atoms with E-state index in [2.05, 4.69) is 10.6 Å². The van der Waals surface area contributed by atoms with E-state index in [-0.39, 0.29) is 17.7 Å². The summed E-state index contributed by atoms with van der Waals surface area (Å²) in [5, 5.41) is 15.3. The largest absolute Gasteiger partial charge is 0.508 e. The van der Waals surface area contributed by atoms with E-state index in [0.29, 0.717) is 18.5 Å². The van der Waals surface area contributed by atoms with Gasteiger partial charge < -0.3 is 25.4 Å². The Morgan fingerprint density at radius 3 is 2.27 bits per heavy atom. The molecule has 0 bridgehead atoms. The fourth-order valence-electron chi connectivity index (χ4n) is 2.93. The molecule has 0 aromatic heterocycles. The minimum Gasteiger partial charge on any atom is -0.508 e. The lowest BCUT2D eigenvalue weighted by molar-refractivity contribution is -0.142. The quantitative estimate of drug-likeness (QED) is 0.598. The number of amides is 3. The van der Waals surface area contributed by atoms with Crippen LogP contribution in [0, 0.1) is 0 Å². The highest BCUT2D eigenvalue weighted by Crippen LogP contribution is 2.26. The maximum absolute atomic E-state index is 13.2. The van der Waals surface area contributed by atoms with Crippen LogP contribution >= 0.6 is 0 Å². The summed E-state index contributed by atoms with van der Waals surface area (Å²) < 4.78 is 5.23. The van der Waals surface area contributed by atoms with Crippen LogP contribution in [-0.2, 0) is 14.3 Å². The molecule has 1 aromatic rings. The van der Waals surface area contributed by atoms with E-state index in [4.69, 9.17) is 4.74 Å². The number of phenols is 1. The zero-order chi connectivity index (χ0) is 23.1. The van der Waals surface area contributed by atoms with Gasteiger partial charge in [0.2, 0.25) is 11.8 Å². The van der Waals surface area contributed by atoms with Gasteiger partial charge in [0, 0.05) is 12.6 Å². The van der Waals surface area contributed by atoms with E-state index in [9.17, 15) is 19.5 Å². The number of alkyl carbamates (subject to hydrolysis) is 1. The molecule has 0 aliphatic carbocycles. The van der Waals surface area contributed by atoms with E-state index in [1.807, 2.05) is 20.8 Å². The number of carbonyl (C=O) groups excluding carboxylic acids is 3. The molecular formula is C22H35N3O5. The molecule has 0 radical (unpaired) electrons. The zero-order valence-electron chi connectivity index (χ0n) is 19.0. The number of phenolic OH excluding ortho intramolecular Hbond substituents is 1. The summed E-state index contributed by atoms with van der Waals surface area (Å²) in [6, 6.07) is 4.29. The van der Waals surface area contributed by atoms with E-state index < -0.39 is 29.7 Å². The summed E-state index contributed by atoms with van der Waals surface area (Å²) in [7, 11) is 0. The summed E-state index contributed by atoms with van der Waals surface area (Å²) in [6.45, 7) is 12.6. The molecule has 0 aliphatic heterocycles. The van der Waals surface area contributed by atoms with Crippen molar-refractivity contribution in [2.24, 2.45) is 0 Å². The van der Waals surface area contributed by atoms with Crippen LogP contribution in [-0.4, -0.2) is 52.1 Å². The van der Waals surface area contributed by atoms with Crippen molar-refractivity contribution in [2.75, 3.05) is 6.54 Å². The van der Waals surface area contributed by atoms with Crippen LogP contribution in [0.5, 0.6) is 5.75 Å². The van der Waals surface area contributed by atoms with Crippen LogP contribution in [0.25, 0.3) is 0 Å². The Bertz CT molecular complexity index is 743. The van der Waals surface area contributed by atoms with Gasteiger partial charge in [-0.2, -0.15) is 0 Å². The fourth-order valence-corrected chi connectivity index (χ4v) is 2.93. The second-order valence-corrected chi connectivity index (χ2v) is 8.56. The van der Waals surface area contributed by atoms with Gasteiger partial charge >= 0.3 is 6.09 Å². The molecule has 8 heteroatoms. The van der Waals surface area contributed by atoms with E-state index in [0.717, 1.165) is 0 Å². The highest BCUT2D eigenvalue weighted by molar-refractivity contribution is 5.92. The second kappa shape index (κ2) is 10.8. The van der Waals surface area contributed by atoms with Crippen molar-refractivity contribution in [2.45, 2.75) is 78.6 Å². The van der Waals surface area contributed by atoms with Crippen LogP contribution in [0.2, 0.25) is 0 Å². The number of nitrogens with one attached hydrogen (secondary N) is 2. The van der Waals surface area contributed by atoms with Gasteiger partial charge in [-0.05, 0) is 65.7 Å². The Balaban J connectivity index is 3.21. The molecule has 0 saturated carbocycles. The minimum atomic E-state index is -0.949. The van der Waals surface area contributed by atoms with Gasteiger partial charge in [0.05, 0.1) is 0 Å². The highest BCUT2D eigenvalue weighted by Gasteiger charge is 2.34. The number of hydrogen-bond acceptors (Lipinski definition) is 5. The topological polar surface area (TPSA) is 108 Å². The monoisotopic (exact) mass is 421 g/mol. The molecule has 0 spiro atoms. The molecular weight excluding hydrogens is 386 g/mol. The molecule has 168 valence electrons. The number of ether oxygens (including phenoxy) is 1. The first-order valence-corrected chi connectivity index (χ1v) is 10.2. The Morgan fingerprint density at radius 2 is 1.77 bits per heavy atom. The van der Waals surface area contributed by atoms with Gasteiger partial charge in [0.1, 0.15) is 23.4 Å². The number of nitrogens with zero attached hydrogens (tertiary/aromatic N) is 1. The highest BCUT2D eigenvalue weighted by atomic mass is 16.6. The third kappa shape index (κ3) is 7.93. The average molecular weight is 422 g/mol. The Labute approximate surface area is 179 Å². The van der Waals surface area contributed by atoms with Crippen molar-refractivity contribution >= 4 is 17.9 Å². The SMILES string of the molecule is CCCN(C(=O)C(C)NC(=O)OC(C)(C)C)C(C(=O)NC(C)C)c1cccc(O)c1. The van der Waals surface area contributed by atoms with Crippen molar-refractivity contribution in [3.63, 3.8) is 0 Å². The molecule has 3 amide bonds. The predicted octanol–water partition coefficient (Wildman–Crippen LogP) is 3.11. The average Bonchev–Trinajstić information content (AvgIpc) is 2.58. The molecule has 0 fully saturated rings. The smallest absolute Gasteiger partial charge is 0.408 e. The van der Waals surface area contributed by atoms with E-state index in [1.165, 1.54) is 17.0 Å². The summed E-state index contributed by atoms with van der Waals surface area (Å²) >= 11 is 0. The van der Waals surface area contributed by atoms with Crippen molar-refractivity contribution < 1.29 is 24.2 Å². The molecule has 30 heavy (non-hydrogen) atoms. The molecule has 8 nitrogen and oxygen atoms in total. The molecule has 3 N–H and O–H groups in total. The van der Waals surface area contributed by atoms with Crippen LogP contribution in [0.3, 0.4) is 0 Å². The Morgan fingerprint density at radius 1 is 1.13 bits per heavy atom. The van der Waals surface area contributed by atoms with Crippen LogP contribution in [0.1, 0.15) is 66.5 Å². The fraction of sp³-hybridized carbons (Fsp3) is 0.591. The molecule has 1 aromatic carbocycles. The Hall–Kier alpha value is -2.77. The van der Waals surface area contributed by atoms with Crippen molar-refractivity contribution in [1.29, 1.82) is 0 Å².